The summed E-state index contributed by atoms with van der Waals surface area (Å²) in [4.78, 5) is 4.61. The van der Waals surface area contributed by atoms with Crippen molar-refractivity contribution in [2.24, 2.45) is 0 Å². The molecule has 1 heterocycles. The lowest BCUT2D eigenvalue weighted by atomic mass is 9.86. The number of nitrogens with one attached hydrogen (secondary N) is 1. The van der Waals surface area contributed by atoms with Crippen LogP contribution in [0.4, 0.5) is 5.82 Å². The first-order valence-electron chi connectivity index (χ1n) is 6.82. The van der Waals surface area contributed by atoms with Gasteiger partial charge in [-0.15, -0.1) is 0 Å². The van der Waals surface area contributed by atoms with Gasteiger partial charge in [0.25, 0.3) is 0 Å². The Bertz CT molecular complexity index is 536. The SMILES string of the molecule is CCNc1cccc(-c2ccc(C(C)(C)C)cc2)n1. The third kappa shape index (κ3) is 3.34. The number of nitrogens with zero attached hydrogens (tertiary/aromatic N) is 1. The van der Waals surface area contributed by atoms with Crippen molar-refractivity contribution in [2.75, 3.05) is 11.9 Å². The molecule has 0 aliphatic carbocycles. The molecular weight excluding hydrogens is 232 g/mol. The molecule has 0 saturated heterocycles. The van der Waals surface area contributed by atoms with E-state index in [2.05, 4.69) is 62.3 Å². The molecule has 0 aliphatic rings. The lowest BCUT2D eigenvalue weighted by Crippen LogP contribution is -2.10. The van der Waals surface area contributed by atoms with Crippen molar-refractivity contribution >= 4 is 5.82 Å². The highest BCUT2D eigenvalue weighted by molar-refractivity contribution is 5.61. The van der Waals surface area contributed by atoms with E-state index >= 15 is 0 Å². The number of aromatic nitrogens is 1. The van der Waals surface area contributed by atoms with Crippen LogP contribution in [-0.4, -0.2) is 11.5 Å². The van der Waals surface area contributed by atoms with Crippen LogP contribution in [0.5, 0.6) is 0 Å². The molecule has 0 spiro atoms. The third-order valence-electron chi connectivity index (χ3n) is 3.15. The molecule has 2 rings (SSSR count). The van der Waals surface area contributed by atoms with Gasteiger partial charge in [-0.05, 0) is 30.0 Å². The highest BCUT2D eigenvalue weighted by atomic mass is 15.0. The fraction of sp³-hybridized carbons (Fsp3) is 0.353. The summed E-state index contributed by atoms with van der Waals surface area (Å²) in [5.41, 5.74) is 3.71. The van der Waals surface area contributed by atoms with Crippen LogP contribution in [-0.2, 0) is 5.41 Å². The zero-order valence-corrected chi connectivity index (χ0v) is 12.2. The van der Waals surface area contributed by atoms with Crippen LogP contribution >= 0.6 is 0 Å². The zero-order valence-electron chi connectivity index (χ0n) is 12.2. The summed E-state index contributed by atoms with van der Waals surface area (Å²) < 4.78 is 0. The van der Waals surface area contributed by atoms with Gasteiger partial charge < -0.3 is 5.32 Å². The molecule has 0 radical (unpaired) electrons. The molecule has 1 aromatic heterocycles. The lowest BCUT2D eigenvalue weighted by molar-refractivity contribution is 0.590. The van der Waals surface area contributed by atoms with Gasteiger partial charge in [0.1, 0.15) is 5.82 Å². The normalized spacial score (nSPS) is 11.4. The van der Waals surface area contributed by atoms with E-state index in [0.29, 0.717) is 0 Å². The van der Waals surface area contributed by atoms with Crippen LogP contribution in [0.3, 0.4) is 0 Å². The molecule has 2 heteroatoms. The van der Waals surface area contributed by atoms with Crippen LogP contribution in [0.1, 0.15) is 33.3 Å². The summed E-state index contributed by atoms with van der Waals surface area (Å²) in [7, 11) is 0. The average molecular weight is 254 g/mol. The Morgan fingerprint density at radius 2 is 1.68 bits per heavy atom. The van der Waals surface area contributed by atoms with E-state index in [1.807, 2.05) is 18.2 Å². The maximum atomic E-state index is 4.61. The Morgan fingerprint density at radius 1 is 1.00 bits per heavy atom. The second-order valence-electron chi connectivity index (χ2n) is 5.77. The smallest absolute Gasteiger partial charge is 0.126 e. The van der Waals surface area contributed by atoms with Crippen LogP contribution in [0, 0.1) is 0 Å². The molecule has 19 heavy (non-hydrogen) atoms. The zero-order chi connectivity index (χ0) is 13.9. The maximum Gasteiger partial charge on any atom is 0.126 e. The summed E-state index contributed by atoms with van der Waals surface area (Å²) in [6.07, 6.45) is 0. The van der Waals surface area contributed by atoms with Crippen molar-refractivity contribution in [3.63, 3.8) is 0 Å². The largest absolute Gasteiger partial charge is 0.370 e. The van der Waals surface area contributed by atoms with Gasteiger partial charge in [0.2, 0.25) is 0 Å². The minimum atomic E-state index is 0.192. The summed E-state index contributed by atoms with van der Waals surface area (Å²) in [6, 6.07) is 14.8. The number of anilines is 1. The Balaban J connectivity index is 2.29. The molecule has 0 saturated carbocycles. The first-order chi connectivity index (χ1) is 9.00. The van der Waals surface area contributed by atoms with Crippen molar-refractivity contribution < 1.29 is 0 Å². The second-order valence-corrected chi connectivity index (χ2v) is 5.77. The molecule has 0 bridgehead atoms. The van der Waals surface area contributed by atoms with E-state index in [1.165, 1.54) is 5.56 Å². The first-order valence-corrected chi connectivity index (χ1v) is 6.82. The molecule has 2 nitrogen and oxygen atoms in total. The third-order valence-corrected chi connectivity index (χ3v) is 3.15. The van der Waals surface area contributed by atoms with Gasteiger partial charge in [-0.25, -0.2) is 4.98 Å². The molecule has 1 aromatic carbocycles. The molecule has 1 N–H and O–H groups in total. The fourth-order valence-corrected chi connectivity index (χ4v) is 2.02. The summed E-state index contributed by atoms with van der Waals surface area (Å²) in [6.45, 7) is 9.65. The first kappa shape index (κ1) is 13.6. The standard InChI is InChI=1S/C17H22N2/c1-5-18-16-8-6-7-15(19-16)13-9-11-14(12-10-13)17(2,3)4/h6-12H,5H2,1-4H3,(H,18,19). The van der Waals surface area contributed by atoms with E-state index in [9.17, 15) is 0 Å². The summed E-state index contributed by atoms with van der Waals surface area (Å²) >= 11 is 0. The lowest BCUT2D eigenvalue weighted by Gasteiger charge is -2.19. The molecular formula is C17H22N2. The van der Waals surface area contributed by atoms with Crippen LogP contribution in [0.25, 0.3) is 11.3 Å². The highest BCUT2D eigenvalue weighted by Gasteiger charge is 2.13. The van der Waals surface area contributed by atoms with Gasteiger partial charge in [-0.2, -0.15) is 0 Å². The average Bonchev–Trinajstić information content (AvgIpc) is 2.39. The van der Waals surface area contributed by atoms with Crippen LogP contribution < -0.4 is 5.32 Å². The fourth-order valence-electron chi connectivity index (χ4n) is 2.02. The highest BCUT2D eigenvalue weighted by Crippen LogP contribution is 2.25. The van der Waals surface area contributed by atoms with Crippen molar-refractivity contribution in [1.82, 2.24) is 4.98 Å². The van der Waals surface area contributed by atoms with Gasteiger partial charge >= 0.3 is 0 Å². The minimum Gasteiger partial charge on any atom is -0.370 e. The van der Waals surface area contributed by atoms with Crippen molar-refractivity contribution in [3.8, 4) is 11.3 Å². The maximum absolute atomic E-state index is 4.61. The van der Waals surface area contributed by atoms with E-state index in [1.54, 1.807) is 0 Å². The predicted molar refractivity (Wildman–Crippen MR) is 82.5 cm³/mol. The van der Waals surface area contributed by atoms with Gasteiger partial charge in [0, 0.05) is 12.1 Å². The van der Waals surface area contributed by atoms with E-state index in [4.69, 9.17) is 0 Å². The molecule has 0 atom stereocenters. The Labute approximate surface area is 115 Å². The molecule has 100 valence electrons. The van der Waals surface area contributed by atoms with Gasteiger partial charge in [0.15, 0.2) is 0 Å². The number of benzene rings is 1. The topological polar surface area (TPSA) is 24.9 Å². The van der Waals surface area contributed by atoms with Crippen molar-refractivity contribution in [1.29, 1.82) is 0 Å². The van der Waals surface area contributed by atoms with E-state index in [-0.39, 0.29) is 5.41 Å². The monoisotopic (exact) mass is 254 g/mol. The number of pyridine rings is 1. The van der Waals surface area contributed by atoms with Crippen molar-refractivity contribution in [3.05, 3.63) is 48.0 Å². The van der Waals surface area contributed by atoms with Gasteiger partial charge in [-0.3, -0.25) is 0 Å². The molecule has 0 unspecified atom stereocenters. The van der Waals surface area contributed by atoms with E-state index < -0.39 is 0 Å². The number of hydrogen-bond donors (Lipinski definition) is 1. The predicted octanol–water partition coefficient (Wildman–Crippen LogP) is 4.48. The van der Waals surface area contributed by atoms with Crippen LogP contribution in [0.15, 0.2) is 42.5 Å². The number of hydrogen-bond acceptors (Lipinski definition) is 2. The molecule has 0 aliphatic heterocycles. The number of rotatable bonds is 3. The molecule has 0 fully saturated rings. The second kappa shape index (κ2) is 5.43. The molecule has 2 aromatic rings. The van der Waals surface area contributed by atoms with Gasteiger partial charge in [0.05, 0.1) is 5.69 Å². The van der Waals surface area contributed by atoms with Gasteiger partial charge in [-0.1, -0.05) is 51.1 Å². The Morgan fingerprint density at radius 3 is 2.26 bits per heavy atom. The van der Waals surface area contributed by atoms with Crippen molar-refractivity contribution in [2.45, 2.75) is 33.1 Å². The quantitative estimate of drug-likeness (QED) is 0.873. The van der Waals surface area contributed by atoms with Crippen LogP contribution in [0.2, 0.25) is 0 Å². The minimum absolute atomic E-state index is 0.192. The Hall–Kier alpha value is -1.83. The molecule has 0 amide bonds. The summed E-state index contributed by atoms with van der Waals surface area (Å²) in [5, 5.41) is 3.24. The van der Waals surface area contributed by atoms with E-state index in [0.717, 1.165) is 23.6 Å². The Kier molecular flexibility index (Phi) is 3.89. The summed E-state index contributed by atoms with van der Waals surface area (Å²) in [5.74, 6) is 0.930.